The van der Waals surface area contributed by atoms with E-state index in [4.69, 9.17) is 17.3 Å². The van der Waals surface area contributed by atoms with Crippen LogP contribution >= 0.6 is 11.6 Å². The molecule has 0 aliphatic carbocycles. The summed E-state index contributed by atoms with van der Waals surface area (Å²) >= 11 is 5.27. The fourth-order valence-corrected chi connectivity index (χ4v) is 0.925. The van der Waals surface area contributed by atoms with Gasteiger partial charge in [-0.3, -0.25) is 4.79 Å². The second-order valence-electron chi connectivity index (χ2n) is 3.03. The number of hydrogen-bond donors (Lipinski definition) is 1. The Morgan fingerprint density at radius 3 is 2.33 bits per heavy atom. The summed E-state index contributed by atoms with van der Waals surface area (Å²) in [5.74, 6) is -0.256. The predicted molar refractivity (Wildman–Crippen MR) is 45.1 cm³/mol. The largest absolute Gasteiger partial charge is 0.443 e. The van der Waals surface area contributed by atoms with Gasteiger partial charge < -0.3 is 10.5 Å². The first-order valence-corrected chi connectivity index (χ1v) is 3.97. The molecule has 70 valence electrons. The molecule has 0 radical (unpaired) electrons. The van der Waals surface area contributed by atoms with Gasteiger partial charge >= 0.3 is 6.09 Å². The summed E-state index contributed by atoms with van der Waals surface area (Å²) in [7, 11) is 0. The lowest BCUT2D eigenvalue weighted by molar-refractivity contribution is -0.120. The molecule has 0 saturated heterocycles. The first-order valence-electron chi connectivity index (χ1n) is 3.43. The van der Waals surface area contributed by atoms with Gasteiger partial charge in [0.05, 0.1) is 5.88 Å². The SMILES string of the molecule is CC(C)(CC(=O)CCl)OC(N)=O. The third-order valence-electron chi connectivity index (χ3n) is 1.15. The second kappa shape index (κ2) is 4.30. The third-order valence-corrected chi connectivity index (χ3v) is 1.45. The number of hydrogen-bond acceptors (Lipinski definition) is 3. The summed E-state index contributed by atoms with van der Waals surface area (Å²) in [6.07, 6.45) is -0.804. The monoisotopic (exact) mass is 193 g/mol. The van der Waals surface area contributed by atoms with E-state index in [9.17, 15) is 9.59 Å². The van der Waals surface area contributed by atoms with Crippen molar-refractivity contribution in [2.45, 2.75) is 25.9 Å². The minimum Gasteiger partial charge on any atom is -0.443 e. The molecule has 5 heteroatoms. The third kappa shape index (κ3) is 4.96. The number of alkyl halides is 1. The van der Waals surface area contributed by atoms with Crippen LogP contribution in [0.15, 0.2) is 0 Å². The van der Waals surface area contributed by atoms with Gasteiger partial charge in [-0.1, -0.05) is 0 Å². The molecule has 0 aromatic carbocycles. The molecular weight excluding hydrogens is 182 g/mol. The van der Waals surface area contributed by atoms with E-state index in [1.165, 1.54) is 0 Å². The maximum absolute atomic E-state index is 10.8. The molecule has 0 aliphatic rings. The molecule has 0 rings (SSSR count). The van der Waals surface area contributed by atoms with Crippen LogP contribution in [-0.4, -0.2) is 23.4 Å². The Bertz CT molecular complexity index is 191. The fourth-order valence-electron chi connectivity index (χ4n) is 0.830. The normalized spacial score (nSPS) is 10.9. The lowest BCUT2D eigenvalue weighted by Crippen LogP contribution is -2.33. The van der Waals surface area contributed by atoms with Crippen molar-refractivity contribution >= 4 is 23.5 Å². The summed E-state index contributed by atoms with van der Waals surface area (Å²) in [5.41, 5.74) is 3.93. The number of amides is 1. The van der Waals surface area contributed by atoms with E-state index in [0.29, 0.717) is 0 Å². The minimum atomic E-state index is -0.887. The van der Waals surface area contributed by atoms with E-state index in [1.54, 1.807) is 13.8 Å². The van der Waals surface area contributed by atoms with Crippen LogP contribution in [0.5, 0.6) is 0 Å². The summed E-state index contributed by atoms with van der Waals surface area (Å²) in [5, 5.41) is 0. The lowest BCUT2D eigenvalue weighted by Gasteiger charge is -2.22. The van der Waals surface area contributed by atoms with E-state index in [1.807, 2.05) is 0 Å². The first-order chi connectivity index (χ1) is 5.37. The molecule has 0 atom stereocenters. The number of ketones is 1. The Balaban J connectivity index is 4.03. The zero-order valence-corrected chi connectivity index (χ0v) is 7.85. The highest BCUT2D eigenvalue weighted by molar-refractivity contribution is 6.27. The van der Waals surface area contributed by atoms with Crippen molar-refractivity contribution in [2.75, 3.05) is 5.88 Å². The van der Waals surface area contributed by atoms with Crippen LogP contribution in [0.1, 0.15) is 20.3 Å². The molecule has 0 aliphatic heterocycles. The highest BCUT2D eigenvalue weighted by Crippen LogP contribution is 2.14. The molecule has 0 bridgehead atoms. The quantitative estimate of drug-likeness (QED) is 0.679. The van der Waals surface area contributed by atoms with Crippen LogP contribution in [0.4, 0.5) is 4.79 Å². The van der Waals surface area contributed by atoms with Crippen LogP contribution < -0.4 is 5.73 Å². The summed E-state index contributed by atoms with van der Waals surface area (Å²) in [6, 6.07) is 0. The zero-order valence-electron chi connectivity index (χ0n) is 7.09. The van der Waals surface area contributed by atoms with Crippen LogP contribution in [0, 0.1) is 0 Å². The fraction of sp³-hybridized carbons (Fsp3) is 0.714. The Hall–Kier alpha value is -0.770. The van der Waals surface area contributed by atoms with Gasteiger partial charge in [0.25, 0.3) is 0 Å². The average Bonchev–Trinajstić information content (AvgIpc) is 1.83. The highest BCUT2D eigenvalue weighted by Gasteiger charge is 2.24. The Kier molecular flexibility index (Phi) is 4.03. The van der Waals surface area contributed by atoms with Crippen molar-refractivity contribution in [3.63, 3.8) is 0 Å². The molecule has 12 heavy (non-hydrogen) atoms. The molecule has 0 fully saturated rings. The Morgan fingerprint density at radius 2 is 2.00 bits per heavy atom. The van der Waals surface area contributed by atoms with E-state index in [2.05, 4.69) is 4.74 Å². The predicted octanol–water partition coefficient (Wildman–Crippen LogP) is 1.06. The standard InChI is InChI=1S/C7H12ClNO3/c1-7(2,12-6(9)11)3-5(10)4-8/h3-4H2,1-2H3,(H2,9,11). The van der Waals surface area contributed by atoms with Gasteiger partial charge in [0, 0.05) is 6.42 Å². The Labute approximate surface area is 76.0 Å². The molecule has 1 amide bonds. The van der Waals surface area contributed by atoms with Gasteiger partial charge in [0.15, 0.2) is 5.78 Å². The van der Waals surface area contributed by atoms with Crippen molar-refractivity contribution < 1.29 is 14.3 Å². The van der Waals surface area contributed by atoms with Gasteiger partial charge in [0.1, 0.15) is 5.60 Å². The van der Waals surface area contributed by atoms with Gasteiger partial charge in [-0.05, 0) is 13.8 Å². The maximum Gasteiger partial charge on any atom is 0.405 e. The molecule has 0 heterocycles. The van der Waals surface area contributed by atoms with E-state index >= 15 is 0 Å². The molecule has 0 spiro atoms. The summed E-state index contributed by atoms with van der Waals surface area (Å²) < 4.78 is 4.67. The summed E-state index contributed by atoms with van der Waals surface area (Å²) in [6.45, 7) is 3.20. The van der Waals surface area contributed by atoms with Gasteiger partial charge in [0.2, 0.25) is 0 Å². The van der Waals surface area contributed by atoms with Crippen LogP contribution in [0.3, 0.4) is 0 Å². The lowest BCUT2D eigenvalue weighted by atomic mass is 10.0. The van der Waals surface area contributed by atoms with Gasteiger partial charge in [-0.25, -0.2) is 4.79 Å². The van der Waals surface area contributed by atoms with Crippen LogP contribution in [0.25, 0.3) is 0 Å². The molecule has 2 N–H and O–H groups in total. The number of Topliss-reactive ketones (excluding diaryl/α,β-unsaturated/α-hetero) is 1. The highest BCUT2D eigenvalue weighted by atomic mass is 35.5. The molecule has 0 aromatic rings. The minimum absolute atomic E-state index is 0.0778. The van der Waals surface area contributed by atoms with Gasteiger partial charge in [-0.2, -0.15) is 0 Å². The van der Waals surface area contributed by atoms with Crippen LogP contribution in [0.2, 0.25) is 0 Å². The van der Waals surface area contributed by atoms with E-state index in [-0.39, 0.29) is 18.1 Å². The van der Waals surface area contributed by atoms with Crippen LogP contribution in [-0.2, 0) is 9.53 Å². The number of rotatable bonds is 4. The zero-order chi connectivity index (χ0) is 9.78. The number of nitrogens with two attached hydrogens (primary N) is 1. The smallest absolute Gasteiger partial charge is 0.405 e. The summed E-state index contributed by atoms with van der Waals surface area (Å²) in [4.78, 5) is 21.2. The van der Waals surface area contributed by atoms with Crippen molar-refractivity contribution in [2.24, 2.45) is 5.73 Å². The topological polar surface area (TPSA) is 69.4 Å². The van der Waals surface area contributed by atoms with Crippen molar-refractivity contribution in [1.29, 1.82) is 0 Å². The molecule has 0 aromatic heterocycles. The van der Waals surface area contributed by atoms with Crippen molar-refractivity contribution in [1.82, 2.24) is 0 Å². The van der Waals surface area contributed by atoms with Crippen molar-refractivity contribution in [3.05, 3.63) is 0 Å². The van der Waals surface area contributed by atoms with Crippen molar-refractivity contribution in [3.8, 4) is 0 Å². The van der Waals surface area contributed by atoms with E-state index < -0.39 is 11.7 Å². The second-order valence-corrected chi connectivity index (χ2v) is 3.30. The molecular formula is C7H12ClNO3. The number of ether oxygens (including phenoxy) is 1. The first kappa shape index (κ1) is 11.2. The molecule has 0 saturated carbocycles. The number of carbonyl (C=O) groups is 2. The Morgan fingerprint density at radius 1 is 1.50 bits per heavy atom. The molecule has 4 nitrogen and oxygen atoms in total. The average molecular weight is 194 g/mol. The van der Waals surface area contributed by atoms with Gasteiger partial charge in [-0.15, -0.1) is 11.6 Å². The molecule has 0 unspecified atom stereocenters. The maximum atomic E-state index is 10.8. The number of halogens is 1. The number of primary amides is 1. The number of carbonyl (C=O) groups excluding carboxylic acids is 2. The van der Waals surface area contributed by atoms with E-state index in [0.717, 1.165) is 0 Å².